The van der Waals surface area contributed by atoms with Crippen molar-refractivity contribution < 1.29 is 10.2 Å². The average Bonchev–Trinajstić information content (AvgIpc) is 2.57. The molecular weight excluding hydrogens is 128 g/mol. The Kier molecular flexibility index (Phi) is 1.15. The molecule has 58 valence electrons. The third kappa shape index (κ3) is 0.663. The van der Waals surface area contributed by atoms with Crippen LogP contribution in [-0.4, -0.2) is 22.4 Å². The van der Waals surface area contributed by atoms with Crippen LogP contribution in [0.25, 0.3) is 0 Å². The van der Waals surface area contributed by atoms with Crippen molar-refractivity contribution in [3.8, 4) is 0 Å². The van der Waals surface area contributed by atoms with Crippen LogP contribution in [0.2, 0.25) is 0 Å². The molecule has 2 nitrogen and oxygen atoms in total. The van der Waals surface area contributed by atoms with Gasteiger partial charge in [-0.2, -0.15) is 0 Å². The Bertz CT molecular complexity index is 153. The smallest absolute Gasteiger partial charge is 0.0700 e. The van der Waals surface area contributed by atoms with Crippen molar-refractivity contribution in [1.29, 1.82) is 0 Å². The minimum absolute atomic E-state index is 0.149. The standard InChI is InChI=1S/C8H14O2/c1-8(10)6(4-9)2-5-3-7(5)8/h5-7,9-10H,2-4H2,1H3/t5?,6-,7-,8+/m0/s1. The van der Waals surface area contributed by atoms with Gasteiger partial charge in [-0.15, -0.1) is 0 Å². The van der Waals surface area contributed by atoms with Crippen molar-refractivity contribution in [1.82, 2.24) is 0 Å². The molecule has 2 N–H and O–H groups in total. The number of rotatable bonds is 1. The van der Waals surface area contributed by atoms with Crippen LogP contribution >= 0.6 is 0 Å². The van der Waals surface area contributed by atoms with Gasteiger partial charge in [0.1, 0.15) is 0 Å². The van der Waals surface area contributed by atoms with E-state index in [4.69, 9.17) is 5.11 Å². The highest BCUT2D eigenvalue weighted by atomic mass is 16.3. The summed E-state index contributed by atoms with van der Waals surface area (Å²) in [7, 11) is 0. The Morgan fingerprint density at radius 2 is 2.20 bits per heavy atom. The molecule has 0 aromatic rings. The molecular formula is C8H14O2. The van der Waals surface area contributed by atoms with Crippen molar-refractivity contribution in [2.75, 3.05) is 6.61 Å². The van der Waals surface area contributed by atoms with Gasteiger partial charge in [-0.1, -0.05) is 0 Å². The van der Waals surface area contributed by atoms with Gasteiger partial charge in [0, 0.05) is 12.5 Å². The lowest BCUT2D eigenvalue weighted by Crippen LogP contribution is -2.35. The summed E-state index contributed by atoms with van der Waals surface area (Å²) >= 11 is 0. The van der Waals surface area contributed by atoms with Crippen LogP contribution in [0.15, 0.2) is 0 Å². The summed E-state index contributed by atoms with van der Waals surface area (Å²) in [6, 6.07) is 0. The molecule has 0 amide bonds. The molecule has 2 fully saturated rings. The first kappa shape index (κ1) is 6.62. The zero-order valence-corrected chi connectivity index (χ0v) is 6.25. The molecule has 0 saturated heterocycles. The summed E-state index contributed by atoms with van der Waals surface area (Å²) in [6.07, 6.45) is 2.22. The van der Waals surface area contributed by atoms with Crippen LogP contribution in [0.5, 0.6) is 0 Å². The first-order chi connectivity index (χ1) is 4.66. The summed E-state index contributed by atoms with van der Waals surface area (Å²) in [5, 5.41) is 18.7. The van der Waals surface area contributed by atoms with Gasteiger partial charge < -0.3 is 10.2 Å². The number of aliphatic hydroxyl groups is 2. The van der Waals surface area contributed by atoms with Gasteiger partial charge >= 0.3 is 0 Å². The van der Waals surface area contributed by atoms with E-state index in [0.29, 0.717) is 5.92 Å². The summed E-state index contributed by atoms with van der Waals surface area (Å²) in [5.74, 6) is 1.38. The number of aliphatic hydroxyl groups excluding tert-OH is 1. The Balaban J connectivity index is 2.13. The lowest BCUT2D eigenvalue weighted by molar-refractivity contribution is -0.0233. The largest absolute Gasteiger partial charge is 0.396 e. The molecule has 0 aromatic carbocycles. The summed E-state index contributed by atoms with van der Waals surface area (Å²) < 4.78 is 0. The van der Waals surface area contributed by atoms with Gasteiger partial charge in [0.15, 0.2) is 0 Å². The van der Waals surface area contributed by atoms with E-state index < -0.39 is 5.60 Å². The quantitative estimate of drug-likeness (QED) is 0.556. The molecule has 10 heavy (non-hydrogen) atoms. The molecule has 0 spiro atoms. The molecule has 0 radical (unpaired) electrons. The van der Waals surface area contributed by atoms with E-state index in [1.165, 1.54) is 6.42 Å². The minimum Gasteiger partial charge on any atom is -0.396 e. The minimum atomic E-state index is -0.556. The van der Waals surface area contributed by atoms with Crippen LogP contribution in [0.3, 0.4) is 0 Å². The fraction of sp³-hybridized carbons (Fsp3) is 1.00. The van der Waals surface area contributed by atoms with Crippen LogP contribution in [0, 0.1) is 17.8 Å². The maximum Gasteiger partial charge on any atom is 0.0700 e. The summed E-state index contributed by atoms with van der Waals surface area (Å²) in [6.45, 7) is 2.02. The number of hydrogen-bond acceptors (Lipinski definition) is 2. The van der Waals surface area contributed by atoms with Crippen molar-refractivity contribution in [3.63, 3.8) is 0 Å². The van der Waals surface area contributed by atoms with Gasteiger partial charge in [-0.05, 0) is 31.6 Å². The third-order valence-electron chi connectivity index (χ3n) is 3.31. The van der Waals surface area contributed by atoms with Gasteiger partial charge in [-0.3, -0.25) is 0 Å². The lowest BCUT2D eigenvalue weighted by Gasteiger charge is -2.26. The van der Waals surface area contributed by atoms with E-state index in [0.717, 1.165) is 12.3 Å². The normalized spacial score (nSPS) is 58.5. The Morgan fingerprint density at radius 1 is 1.50 bits per heavy atom. The monoisotopic (exact) mass is 142 g/mol. The molecule has 0 bridgehead atoms. The van der Waals surface area contributed by atoms with E-state index in [2.05, 4.69) is 0 Å². The second-order valence-electron chi connectivity index (χ2n) is 3.94. The molecule has 2 aliphatic carbocycles. The van der Waals surface area contributed by atoms with Crippen LogP contribution < -0.4 is 0 Å². The van der Waals surface area contributed by atoms with Crippen molar-refractivity contribution >= 4 is 0 Å². The second-order valence-corrected chi connectivity index (χ2v) is 3.94. The molecule has 4 atom stereocenters. The van der Waals surface area contributed by atoms with Gasteiger partial charge in [0.2, 0.25) is 0 Å². The van der Waals surface area contributed by atoms with E-state index in [1.807, 2.05) is 6.92 Å². The maximum atomic E-state index is 9.80. The zero-order chi connectivity index (χ0) is 7.35. The predicted molar refractivity (Wildman–Crippen MR) is 37.4 cm³/mol. The highest BCUT2D eigenvalue weighted by Crippen LogP contribution is 2.59. The summed E-state index contributed by atoms with van der Waals surface area (Å²) in [4.78, 5) is 0. The van der Waals surface area contributed by atoms with Crippen LogP contribution in [0.4, 0.5) is 0 Å². The van der Waals surface area contributed by atoms with Crippen LogP contribution in [0.1, 0.15) is 19.8 Å². The van der Waals surface area contributed by atoms with Gasteiger partial charge in [0.25, 0.3) is 0 Å². The Hall–Kier alpha value is -0.0800. The van der Waals surface area contributed by atoms with Gasteiger partial charge in [0.05, 0.1) is 5.60 Å². The first-order valence-electron chi connectivity index (χ1n) is 3.99. The van der Waals surface area contributed by atoms with E-state index in [-0.39, 0.29) is 12.5 Å². The fourth-order valence-corrected chi connectivity index (χ4v) is 2.39. The third-order valence-corrected chi connectivity index (χ3v) is 3.31. The number of fused-ring (bicyclic) bond motifs is 1. The molecule has 1 unspecified atom stereocenters. The molecule has 2 aliphatic rings. The molecule has 0 aromatic heterocycles. The lowest BCUT2D eigenvalue weighted by atomic mass is 9.89. The topological polar surface area (TPSA) is 40.5 Å². The van der Waals surface area contributed by atoms with Crippen molar-refractivity contribution in [2.24, 2.45) is 17.8 Å². The highest BCUT2D eigenvalue weighted by Gasteiger charge is 2.59. The fourth-order valence-electron chi connectivity index (χ4n) is 2.39. The molecule has 2 heteroatoms. The van der Waals surface area contributed by atoms with E-state index >= 15 is 0 Å². The Morgan fingerprint density at radius 3 is 2.50 bits per heavy atom. The molecule has 2 saturated carbocycles. The van der Waals surface area contributed by atoms with Gasteiger partial charge in [-0.25, -0.2) is 0 Å². The average molecular weight is 142 g/mol. The molecule has 2 rings (SSSR count). The van der Waals surface area contributed by atoms with E-state index in [9.17, 15) is 5.11 Å². The molecule has 0 aliphatic heterocycles. The van der Waals surface area contributed by atoms with E-state index in [1.54, 1.807) is 0 Å². The zero-order valence-electron chi connectivity index (χ0n) is 6.25. The second kappa shape index (κ2) is 1.74. The maximum absolute atomic E-state index is 9.80. The molecule has 0 heterocycles. The Labute approximate surface area is 60.9 Å². The highest BCUT2D eigenvalue weighted by molar-refractivity contribution is 5.09. The SMILES string of the molecule is C[C@@]1(O)[C@H](CO)CC2C[C@@H]21. The summed E-state index contributed by atoms with van der Waals surface area (Å²) in [5.41, 5.74) is -0.556. The van der Waals surface area contributed by atoms with Crippen molar-refractivity contribution in [3.05, 3.63) is 0 Å². The number of hydrogen-bond donors (Lipinski definition) is 2. The first-order valence-corrected chi connectivity index (χ1v) is 3.99. The predicted octanol–water partition coefficient (Wildman–Crippen LogP) is 0.386. The van der Waals surface area contributed by atoms with Crippen molar-refractivity contribution in [2.45, 2.75) is 25.4 Å². The van der Waals surface area contributed by atoms with Crippen LogP contribution in [-0.2, 0) is 0 Å².